The molecule has 14 rings (SSSR count). The number of rotatable bonds is 5. The van der Waals surface area contributed by atoms with Gasteiger partial charge in [0.1, 0.15) is 0 Å². The van der Waals surface area contributed by atoms with E-state index in [4.69, 9.17) is 0 Å². The predicted octanol–water partition coefficient (Wildman–Crippen LogP) is 16.8. The molecule has 0 saturated carbocycles. The molecule has 0 radical (unpaired) electrons. The van der Waals surface area contributed by atoms with Crippen LogP contribution in [0, 0.1) is 0 Å². The molecular weight excluding hydrogens is 773 g/mol. The molecule has 1 aliphatic carbocycles. The third kappa shape index (κ3) is 5.02. The zero-order valence-corrected chi connectivity index (χ0v) is 34.8. The normalized spacial score (nSPS) is 12.1. The monoisotopic (exact) mass is 810 g/mol. The molecule has 0 fully saturated rings. The van der Waals surface area contributed by atoms with E-state index in [2.05, 4.69) is 240 Å². The Morgan fingerprint density at radius 2 is 0.812 bits per heavy atom. The van der Waals surface area contributed by atoms with Gasteiger partial charge in [0.05, 0.1) is 22.1 Å². The molecule has 13 aromatic rings. The third-order valence-corrected chi connectivity index (χ3v) is 13.9. The zero-order valence-electron chi connectivity index (χ0n) is 34.8. The van der Waals surface area contributed by atoms with E-state index in [0.29, 0.717) is 0 Å². The van der Waals surface area contributed by atoms with Gasteiger partial charge in [-0.25, -0.2) is 0 Å². The molecule has 2 heterocycles. The summed E-state index contributed by atoms with van der Waals surface area (Å²) < 4.78 is 4.90. The molecule has 0 bridgehead atoms. The molecule has 11 aromatic carbocycles. The highest BCUT2D eigenvalue weighted by Gasteiger charge is 2.24. The zero-order chi connectivity index (χ0) is 41.9. The number of fused-ring (bicyclic) bond motifs is 11. The van der Waals surface area contributed by atoms with Crippen LogP contribution in [0.1, 0.15) is 0 Å². The second kappa shape index (κ2) is 13.5. The van der Waals surface area contributed by atoms with Crippen LogP contribution in [0.2, 0.25) is 0 Å². The average molecular weight is 811 g/mol. The van der Waals surface area contributed by atoms with Crippen LogP contribution in [0.15, 0.2) is 231 Å². The van der Waals surface area contributed by atoms with Crippen LogP contribution < -0.4 is 0 Å². The summed E-state index contributed by atoms with van der Waals surface area (Å²) in [5, 5.41) is 10.2. The van der Waals surface area contributed by atoms with Crippen molar-refractivity contribution in [2.75, 3.05) is 0 Å². The summed E-state index contributed by atoms with van der Waals surface area (Å²) in [6.45, 7) is 0. The van der Waals surface area contributed by atoms with Gasteiger partial charge in [0.15, 0.2) is 0 Å². The first kappa shape index (κ1) is 35.2. The minimum absolute atomic E-state index is 1.14. The molecule has 2 nitrogen and oxygen atoms in total. The highest BCUT2D eigenvalue weighted by Crippen LogP contribution is 2.50. The van der Waals surface area contributed by atoms with E-state index in [9.17, 15) is 0 Å². The number of aromatic nitrogens is 2. The quantitative estimate of drug-likeness (QED) is 0.164. The maximum atomic E-state index is 2.45. The third-order valence-electron chi connectivity index (χ3n) is 13.9. The summed E-state index contributed by atoms with van der Waals surface area (Å²) in [5.74, 6) is 0. The molecule has 0 saturated heterocycles. The van der Waals surface area contributed by atoms with Crippen molar-refractivity contribution in [3.63, 3.8) is 0 Å². The molecule has 0 N–H and O–H groups in total. The van der Waals surface area contributed by atoms with Gasteiger partial charge in [-0.2, -0.15) is 0 Å². The Morgan fingerprint density at radius 3 is 1.67 bits per heavy atom. The molecule has 2 aromatic heterocycles. The fourth-order valence-corrected chi connectivity index (χ4v) is 11.1. The number of hydrogen-bond donors (Lipinski definition) is 0. The van der Waals surface area contributed by atoms with Crippen molar-refractivity contribution in [1.29, 1.82) is 0 Å². The van der Waals surface area contributed by atoms with Gasteiger partial charge in [-0.05, 0) is 120 Å². The van der Waals surface area contributed by atoms with E-state index in [0.717, 1.165) is 11.4 Å². The molecule has 296 valence electrons. The van der Waals surface area contributed by atoms with Gasteiger partial charge < -0.3 is 9.13 Å². The molecule has 0 atom stereocenters. The van der Waals surface area contributed by atoms with Crippen molar-refractivity contribution in [1.82, 2.24) is 9.13 Å². The summed E-state index contributed by atoms with van der Waals surface area (Å²) in [6.07, 6.45) is 0. The summed E-state index contributed by atoms with van der Waals surface area (Å²) >= 11 is 0. The first-order valence-corrected chi connectivity index (χ1v) is 22.2. The van der Waals surface area contributed by atoms with E-state index < -0.39 is 0 Å². The summed E-state index contributed by atoms with van der Waals surface area (Å²) in [5.41, 5.74) is 19.7. The summed E-state index contributed by atoms with van der Waals surface area (Å²) in [7, 11) is 0. The lowest BCUT2D eigenvalue weighted by molar-refractivity contribution is 1.18. The van der Waals surface area contributed by atoms with Crippen LogP contribution >= 0.6 is 0 Å². The average Bonchev–Trinajstić information content (AvgIpc) is 4.00. The Morgan fingerprint density at radius 1 is 0.234 bits per heavy atom. The minimum atomic E-state index is 1.14. The van der Waals surface area contributed by atoms with E-state index >= 15 is 0 Å². The Labute approximate surface area is 370 Å². The number of nitrogens with zero attached hydrogens (tertiary/aromatic N) is 2. The molecule has 64 heavy (non-hydrogen) atoms. The second-order valence-electron chi connectivity index (χ2n) is 17.2. The van der Waals surface area contributed by atoms with E-state index in [-0.39, 0.29) is 0 Å². The van der Waals surface area contributed by atoms with Crippen LogP contribution in [0.4, 0.5) is 0 Å². The first-order chi connectivity index (χ1) is 31.8. The molecule has 2 heteroatoms. The Bertz CT molecular complexity index is 4040. The van der Waals surface area contributed by atoms with Crippen LogP contribution in [-0.4, -0.2) is 9.13 Å². The lowest BCUT2D eigenvalue weighted by Crippen LogP contribution is -1.95. The summed E-state index contributed by atoms with van der Waals surface area (Å²) in [6, 6.07) is 85.2. The van der Waals surface area contributed by atoms with Crippen molar-refractivity contribution in [2.45, 2.75) is 0 Å². The van der Waals surface area contributed by atoms with Gasteiger partial charge in [0.2, 0.25) is 0 Å². The Balaban J connectivity index is 0.912. The number of hydrogen-bond acceptors (Lipinski definition) is 0. The fourth-order valence-electron chi connectivity index (χ4n) is 11.1. The van der Waals surface area contributed by atoms with Crippen molar-refractivity contribution in [3.8, 4) is 67.0 Å². The molecule has 0 unspecified atom stereocenters. The van der Waals surface area contributed by atoms with Crippen LogP contribution in [0.3, 0.4) is 0 Å². The van der Waals surface area contributed by atoms with Crippen LogP contribution in [0.5, 0.6) is 0 Å². The van der Waals surface area contributed by atoms with Gasteiger partial charge in [0, 0.05) is 38.3 Å². The van der Waals surface area contributed by atoms with Gasteiger partial charge >= 0.3 is 0 Å². The van der Waals surface area contributed by atoms with E-state index in [1.807, 2.05) is 0 Å². The lowest BCUT2D eigenvalue weighted by atomic mass is 9.89. The smallest absolute Gasteiger partial charge is 0.0619 e. The van der Waals surface area contributed by atoms with Crippen molar-refractivity contribution >= 4 is 65.2 Å². The Hall–Kier alpha value is -8.46. The molecular formula is C62H38N2. The molecule has 1 aliphatic rings. The minimum Gasteiger partial charge on any atom is -0.309 e. The van der Waals surface area contributed by atoms with Crippen LogP contribution in [0.25, 0.3) is 132 Å². The topological polar surface area (TPSA) is 9.86 Å². The van der Waals surface area contributed by atoms with Gasteiger partial charge in [-0.3, -0.25) is 0 Å². The van der Waals surface area contributed by atoms with Crippen molar-refractivity contribution in [3.05, 3.63) is 231 Å². The lowest BCUT2D eigenvalue weighted by Gasteiger charge is -2.15. The van der Waals surface area contributed by atoms with Crippen molar-refractivity contribution < 1.29 is 0 Å². The van der Waals surface area contributed by atoms with Gasteiger partial charge in [-0.15, -0.1) is 0 Å². The standard InChI is InChI=1S/C62H38N2/c1-2-16-43(17-3-1)64-60-38-41(29-31-52(60)56-32-28-39-14-4-5-20-46(39)62(56)64)40-30-35-59-57(37-40)51-24-10-11-27-58(51)63(59)44-18-12-15-42(36-44)45-19-6-7-21-47(45)50-33-34-55-49-23-9-8-22-48(49)53-25-13-26-54(50)61(53)55/h1-38H. The van der Waals surface area contributed by atoms with E-state index in [1.54, 1.807) is 0 Å². The summed E-state index contributed by atoms with van der Waals surface area (Å²) in [4.78, 5) is 0. The maximum absolute atomic E-state index is 2.45. The highest BCUT2D eigenvalue weighted by atomic mass is 15.0. The van der Waals surface area contributed by atoms with Crippen LogP contribution in [-0.2, 0) is 0 Å². The fraction of sp³-hybridized carbons (Fsp3) is 0. The number of benzene rings is 11. The van der Waals surface area contributed by atoms with Gasteiger partial charge in [-0.1, -0.05) is 182 Å². The predicted molar refractivity (Wildman–Crippen MR) is 271 cm³/mol. The maximum Gasteiger partial charge on any atom is 0.0619 e. The van der Waals surface area contributed by atoms with E-state index in [1.165, 1.54) is 121 Å². The molecule has 0 aliphatic heterocycles. The second-order valence-corrected chi connectivity index (χ2v) is 17.2. The molecule has 0 spiro atoms. The number of para-hydroxylation sites is 2. The highest BCUT2D eigenvalue weighted by molar-refractivity contribution is 6.21. The largest absolute Gasteiger partial charge is 0.309 e. The van der Waals surface area contributed by atoms with Gasteiger partial charge in [0.25, 0.3) is 0 Å². The van der Waals surface area contributed by atoms with Crippen molar-refractivity contribution in [2.24, 2.45) is 0 Å². The Kier molecular flexibility index (Phi) is 7.43. The first-order valence-electron chi connectivity index (χ1n) is 22.2. The molecule has 0 amide bonds. The SMILES string of the molecule is c1ccc(-n2c3cc(-c4ccc5c(c4)c4ccccc4n5-c4cccc(-c5ccccc5-c5ccc6c7c(cccc57)-c5ccccc5-6)c4)ccc3c3ccc4ccccc4c32)cc1.